The first kappa shape index (κ1) is 11.1. The van der Waals surface area contributed by atoms with E-state index in [2.05, 4.69) is 43.0 Å². The van der Waals surface area contributed by atoms with Gasteiger partial charge >= 0.3 is 0 Å². The number of nitrogen functional groups attached to an aromatic ring is 1. The Labute approximate surface area is 106 Å². The van der Waals surface area contributed by atoms with Crippen molar-refractivity contribution in [1.82, 2.24) is 19.7 Å². The third-order valence-electron chi connectivity index (χ3n) is 1.95. The highest BCUT2D eigenvalue weighted by Crippen LogP contribution is 2.11. The normalized spacial score (nSPS) is 10.3. The number of halogens is 1. The predicted octanol–water partition coefficient (Wildman–Crippen LogP) is 0.972. The van der Waals surface area contributed by atoms with Crippen molar-refractivity contribution in [2.24, 2.45) is 0 Å². The average molecular weight is 330 g/mol. The van der Waals surface area contributed by atoms with Crippen molar-refractivity contribution >= 4 is 34.1 Å². The van der Waals surface area contributed by atoms with Gasteiger partial charge in [-0.3, -0.25) is 4.68 Å². The fraction of sp³-hybridized carbons (Fsp3) is 0.222. The maximum atomic E-state index is 5.56. The molecule has 0 bridgehead atoms. The third-order valence-corrected chi connectivity index (χ3v) is 2.74. The first-order valence-corrected chi connectivity index (χ1v) is 5.81. The molecule has 0 aliphatic rings. The summed E-state index contributed by atoms with van der Waals surface area (Å²) in [7, 11) is 0. The van der Waals surface area contributed by atoms with Crippen molar-refractivity contribution < 1.29 is 0 Å². The molecule has 2 aromatic heterocycles. The molecule has 2 aromatic rings. The zero-order chi connectivity index (χ0) is 11.4. The fourth-order valence-electron chi connectivity index (χ4n) is 1.23. The predicted molar refractivity (Wildman–Crippen MR) is 69.9 cm³/mol. The summed E-state index contributed by atoms with van der Waals surface area (Å²) in [6.45, 7) is 1.49. The summed E-state index contributed by atoms with van der Waals surface area (Å²) < 4.78 is 2.79. The Kier molecular flexibility index (Phi) is 3.54. The Hall–Kier alpha value is -1.38. The molecular formula is C9H11IN6. The van der Waals surface area contributed by atoms with E-state index in [4.69, 9.17) is 5.73 Å². The molecule has 0 aliphatic heterocycles. The number of aromatic nitrogens is 4. The van der Waals surface area contributed by atoms with Crippen LogP contribution in [0.15, 0.2) is 24.9 Å². The second kappa shape index (κ2) is 5.10. The van der Waals surface area contributed by atoms with Crippen molar-refractivity contribution in [3.63, 3.8) is 0 Å². The van der Waals surface area contributed by atoms with Gasteiger partial charge in [0.1, 0.15) is 12.1 Å². The molecule has 0 saturated carbocycles. The molecule has 3 N–H and O–H groups in total. The van der Waals surface area contributed by atoms with E-state index in [-0.39, 0.29) is 0 Å². The molecule has 2 heterocycles. The zero-order valence-electron chi connectivity index (χ0n) is 8.47. The van der Waals surface area contributed by atoms with Crippen LogP contribution in [0.3, 0.4) is 0 Å². The van der Waals surface area contributed by atoms with E-state index in [0.717, 1.165) is 22.5 Å². The van der Waals surface area contributed by atoms with Crippen LogP contribution in [0, 0.1) is 3.57 Å². The van der Waals surface area contributed by atoms with Crippen molar-refractivity contribution in [3.8, 4) is 0 Å². The molecule has 0 saturated heterocycles. The van der Waals surface area contributed by atoms with Crippen molar-refractivity contribution in [1.29, 1.82) is 0 Å². The number of nitrogens with one attached hydrogen (secondary N) is 1. The molecule has 0 fully saturated rings. The van der Waals surface area contributed by atoms with Crippen LogP contribution in [-0.4, -0.2) is 26.3 Å². The lowest BCUT2D eigenvalue weighted by molar-refractivity contribution is 0.637. The number of nitrogens with two attached hydrogens (primary N) is 1. The quantitative estimate of drug-likeness (QED) is 0.817. The van der Waals surface area contributed by atoms with Crippen LogP contribution < -0.4 is 11.1 Å². The highest BCUT2D eigenvalue weighted by Gasteiger charge is 1.99. The van der Waals surface area contributed by atoms with Crippen LogP contribution in [0.4, 0.5) is 11.5 Å². The first-order chi connectivity index (χ1) is 7.75. The number of rotatable bonds is 4. The Bertz CT molecular complexity index is 469. The molecule has 0 aliphatic carbocycles. The van der Waals surface area contributed by atoms with Crippen molar-refractivity contribution in [2.45, 2.75) is 6.54 Å². The first-order valence-electron chi connectivity index (χ1n) is 4.73. The molecule has 6 nitrogen and oxygen atoms in total. The standard InChI is InChI=1S/C9H11IN6/c10-8-4-12-6-14-9(8)13-1-2-16-5-7(11)3-15-16/h3-6H,1-2,11H2,(H,12,13,14). The monoisotopic (exact) mass is 330 g/mol. The van der Waals surface area contributed by atoms with E-state index < -0.39 is 0 Å². The highest BCUT2D eigenvalue weighted by atomic mass is 127. The lowest BCUT2D eigenvalue weighted by atomic mass is 10.5. The zero-order valence-corrected chi connectivity index (χ0v) is 10.6. The van der Waals surface area contributed by atoms with Crippen molar-refractivity contribution in [2.75, 3.05) is 17.6 Å². The maximum Gasteiger partial charge on any atom is 0.142 e. The fourth-order valence-corrected chi connectivity index (χ4v) is 1.72. The van der Waals surface area contributed by atoms with Crippen LogP contribution in [0.2, 0.25) is 0 Å². The largest absolute Gasteiger partial charge is 0.396 e. The maximum absolute atomic E-state index is 5.56. The van der Waals surface area contributed by atoms with Crippen LogP contribution in [0.25, 0.3) is 0 Å². The number of hydrogen-bond donors (Lipinski definition) is 2. The van der Waals surface area contributed by atoms with E-state index >= 15 is 0 Å². The van der Waals surface area contributed by atoms with Gasteiger partial charge < -0.3 is 11.1 Å². The Balaban J connectivity index is 1.87. The van der Waals surface area contributed by atoms with E-state index in [1.54, 1.807) is 23.3 Å². The molecule has 2 rings (SSSR count). The van der Waals surface area contributed by atoms with Gasteiger partial charge in [-0.1, -0.05) is 0 Å². The summed E-state index contributed by atoms with van der Waals surface area (Å²) in [4.78, 5) is 8.05. The van der Waals surface area contributed by atoms with Gasteiger partial charge in [-0.05, 0) is 22.6 Å². The minimum Gasteiger partial charge on any atom is -0.396 e. The summed E-state index contributed by atoms with van der Waals surface area (Å²) in [6, 6.07) is 0. The number of hydrogen-bond acceptors (Lipinski definition) is 5. The summed E-state index contributed by atoms with van der Waals surface area (Å²) in [5.41, 5.74) is 6.24. The molecule has 0 radical (unpaired) electrons. The van der Waals surface area contributed by atoms with Crippen LogP contribution in [0.5, 0.6) is 0 Å². The minimum atomic E-state index is 0.677. The average Bonchev–Trinajstić information content (AvgIpc) is 2.67. The van der Waals surface area contributed by atoms with Crippen LogP contribution >= 0.6 is 22.6 Å². The summed E-state index contributed by atoms with van der Waals surface area (Å²) in [6.07, 6.45) is 6.72. The molecule has 0 aromatic carbocycles. The van der Waals surface area contributed by atoms with Gasteiger partial charge in [0.25, 0.3) is 0 Å². The van der Waals surface area contributed by atoms with E-state index in [9.17, 15) is 0 Å². The van der Waals surface area contributed by atoms with E-state index in [0.29, 0.717) is 5.69 Å². The lowest BCUT2D eigenvalue weighted by Gasteiger charge is -2.06. The van der Waals surface area contributed by atoms with Gasteiger partial charge in [0.2, 0.25) is 0 Å². The number of anilines is 2. The summed E-state index contributed by atoms with van der Waals surface area (Å²) in [5, 5.41) is 7.30. The molecule has 0 amide bonds. The van der Waals surface area contributed by atoms with E-state index in [1.807, 2.05) is 0 Å². The second-order valence-electron chi connectivity index (χ2n) is 3.18. The molecule has 0 atom stereocenters. The molecule has 84 valence electrons. The number of nitrogens with zero attached hydrogens (tertiary/aromatic N) is 4. The van der Waals surface area contributed by atoms with Crippen LogP contribution in [-0.2, 0) is 6.54 Å². The van der Waals surface area contributed by atoms with Crippen molar-refractivity contribution in [3.05, 3.63) is 28.5 Å². The van der Waals surface area contributed by atoms with Crippen LogP contribution in [0.1, 0.15) is 0 Å². The summed E-state index contributed by atoms with van der Waals surface area (Å²) in [5.74, 6) is 0.843. The SMILES string of the molecule is Nc1cnn(CCNc2ncncc2I)c1. The summed E-state index contributed by atoms with van der Waals surface area (Å²) >= 11 is 2.19. The Morgan fingerprint density at radius 2 is 2.31 bits per heavy atom. The molecule has 0 unspecified atom stereocenters. The minimum absolute atomic E-state index is 0.677. The van der Waals surface area contributed by atoms with Gasteiger partial charge in [-0.2, -0.15) is 5.10 Å². The van der Waals surface area contributed by atoms with Gasteiger partial charge in [-0.25, -0.2) is 9.97 Å². The molecule has 0 spiro atoms. The molecule has 7 heteroatoms. The smallest absolute Gasteiger partial charge is 0.142 e. The topological polar surface area (TPSA) is 81.6 Å². The highest BCUT2D eigenvalue weighted by molar-refractivity contribution is 14.1. The lowest BCUT2D eigenvalue weighted by Crippen LogP contribution is -2.12. The Morgan fingerprint density at radius 1 is 1.44 bits per heavy atom. The van der Waals surface area contributed by atoms with Gasteiger partial charge in [0.05, 0.1) is 22.0 Å². The Morgan fingerprint density at radius 3 is 3.00 bits per heavy atom. The van der Waals surface area contributed by atoms with Gasteiger partial charge in [0.15, 0.2) is 0 Å². The molecule has 16 heavy (non-hydrogen) atoms. The molecular weight excluding hydrogens is 319 g/mol. The second-order valence-corrected chi connectivity index (χ2v) is 4.34. The van der Waals surface area contributed by atoms with Gasteiger partial charge in [0, 0.05) is 18.9 Å². The third kappa shape index (κ3) is 2.81. The van der Waals surface area contributed by atoms with Gasteiger partial charge in [-0.15, -0.1) is 0 Å². The van der Waals surface area contributed by atoms with E-state index in [1.165, 1.54) is 6.33 Å².